The number of aryl methyl sites for hydroxylation is 1. The van der Waals surface area contributed by atoms with Crippen molar-refractivity contribution in [2.24, 2.45) is 0 Å². The first-order chi connectivity index (χ1) is 9.85. The fraction of sp³-hybridized carbons (Fsp3) is 0.353. The third kappa shape index (κ3) is 2.93. The number of nitrogens with zero attached hydrogens (tertiary/aromatic N) is 1. The molecule has 1 aliphatic rings. The lowest BCUT2D eigenvalue weighted by atomic mass is 9.88. The summed E-state index contributed by atoms with van der Waals surface area (Å²) in [4.78, 5) is 4.29. The second-order valence-corrected chi connectivity index (χ2v) is 5.17. The van der Waals surface area contributed by atoms with Gasteiger partial charge >= 0.3 is 0 Å². The van der Waals surface area contributed by atoms with Crippen molar-refractivity contribution >= 4 is 5.69 Å². The van der Waals surface area contributed by atoms with E-state index in [9.17, 15) is 0 Å². The first-order valence-corrected chi connectivity index (χ1v) is 7.27. The maximum atomic E-state index is 5.36. The molecule has 1 heterocycles. The average Bonchev–Trinajstić information content (AvgIpc) is 2.49. The summed E-state index contributed by atoms with van der Waals surface area (Å²) in [6, 6.07) is 13.2. The summed E-state index contributed by atoms with van der Waals surface area (Å²) in [5.41, 5.74) is 4.03. The van der Waals surface area contributed by atoms with Gasteiger partial charge in [-0.25, -0.2) is 4.98 Å². The predicted octanol–water partition coefficient (Wildman–Crippen LogP) is 3.45. The van der Waals surface area contributed by atoms with Crippen LogP contribution in [-0.2, 0) is 12.8 Å². The number of pyridine rings is 1. The number of hydrogen-bond donors (Lipinski definition) is 1. The topological polar surface area (TPSA) is 34.1 Å². The minimum Gasteiger partial charge on any atom is -0.478 e. The van der Waals surface area contributed by atoms with Crippen LogP contribution in [0.2, 0.25) is 0 Å². The number of anilines is 1. The van der Waals surface area contributed by atoms with Gasteiger partial charge in [-0.15, -0.1) is 0 Å². The summed E-state index contributed by atoms with van der Waals surface area (Å²) in [6.45, 7) is 2.62. The molecule has 1 atom stereocenters. The Bertz CT molecular complexity index is 565. The molecule has 104 valence electrons. The lowest BCUT2D eigenvalue weighted by Gasteiger charge is -2.26. The largest absolute Gasteiger partial charge is 0.478 e. The Morgan fingerprint density at radius 3 is 2.80 bits per heavy atom. The summed E-state index contributed by atoms with van der Waals surface area (Å²) in [5, 5.41) is 3.57. The van der Waals surface area contributed by atoms with Crippen molar-refractivity contribution in [1.82, 2.24) is 4.98 Å². The molecule has 1 aromatic carbocycles. The standard InChI is InChI=1S/C17H20N2O/c1-2-20-17-10-9-16(12-18-17)19-15-8-7-13-5-3-4-6-14(13)11-15/h3-6,9-10,12,15,19H,2,7-8,11H2,1H3. The minimum atomic E-state index is 0.490. The van der Waals surface area contributed by atoms with E-state index < -0.39 is 0 Å². The van der Waals surface area contributed by atoms with Crippen molar-refractivity contribution in [1.29, 1.82) is 0 Å². The highest BCUT2D eigenvalue weighted by atomic mass is 16.5. The van der Waals surface area contributed by atoms with Crippen LogP contribution >= 0.6 is 0 Å². The quantitative estimate of drug-likeness (QED) is 0.922. The normalized spacial score (nSPS) is 17.4. The van der Waals surface area contributed by atoms with Gasteiger partial charge in [0.2, 0.25) is 5.88 Å². The molecular weight excluding hydrogens is 248 g/mol. The Kier molecular flexibility index (Phi) is 3.86. The van der Waals surface area contributed by atoms with E-state index in [2.05, 4.69) is 34.6 Å². The van der Waals surface area contributed by atoms with E-state index in [1.54, 1.807) is 0 Å². The van der Waals surface area contributed by atoms with Crippen LogP contribution in [0.1, 0.15) is 24.5 Å². The molecule has 1 unspecified atom stereocenters. The zero-order valence-electron chi connectivity index (χ0n) is 11.8. The molecule has 3 heteroatoms. The van der Waals surface area contributed by atoms with E-state index >= 15 is 0 Å². The molecule has 1 aliphatic carbocycles. The monoisotopic (exact) mass is 268 g/mol. The molecule has 0 spiro atoms. The number of aromatic nitrogens is 1. The Morgan fingerprint density at radius 2 is 2.05 bits per heavy atom. The molecule has 0 bridgehead atoms. The molecule has 0 aliphatic heterocycles. The van der Waals surface area contributed by atoms with Crippen molar-refractivity contribution in [3.63, 3.8) is 0 Å². The van der Waals surface area contributed by atoms with Gasteiger partial charge in [-0.05, 0) is 43.4 Å². The molecule has 0 saturated heterocycles. The fourth-order valence-corrected chi connectivity index (χ4v) is 2.76. The maximum Gasteiger partial charge on any atom is 0.213 e. The third-order valence-electron chi connectivity index (χ3n) is 3.75. The van der Waals surface area contributed by atoms with Crippen LogP contribution in [0.3, 0.4) is 0 Å². The van der Waals surface area contributed by atoms with Crippen LogP contribution in [-0.4, -0.2) is 17.6 Å². The van der Waals surface area contributed by atoms with Gasteiger partial charge in [0.15, 0.2) is 0 Å². The summed E-state index contributed by atoms with van der Waals surface area (Å²) >= 11 is 0. The number of hydrogen-bond acceptors (Lipinski definition) is 3. The van der Waals surface area contributed by atoms with Gasteiger partial charge in [-0.3, -0.25) is 0 Å². The lowest BCUT2D eigenvalue weighted by molar-refractivity contribution is 0.327. The van der Waals surface area contributed by atoms with E-state index in [0.717, 1.165) is 18.5 Å². The highest BCUT2D eigenvalue weighted by Crippen LogP contribution is 2.23. The first kappa shape index (κ1) is 13.0. The van der Waals surface area contributed by atoms with Crippen LogP contribution in [0.4, 0.5) is 5.69 Å². The maximum absolute atomic E-state index is 5.36. The van der Waals surface area contributed by atoms with Gasteiger partial charge in [0.05, 0.1) is 18.5 Å². The Hall–Kier alpha value is -2.03. The van der Waals surface area contributed by atoms with E-state index in [1.807, 2.05) is 25.3 Å². The van der Waals surface area contributed by atoms with Crippen LogP contribution in [0.5, 0.6) is 5.88 Å². The summed E-state index contributed by atoms with van der Waals surface area (Å²) in [5.74, 6) is 0.687. The minimum absolute atomic E-state index is 0.490. The van der Waals surface area contributed by atoms with E-state index in [4.69, 9.17) is 4.74 Å². The molecule has 0 saturated carbocycles. The second kappa shape index (κ2) is 5.95. The van der Waals surface area contributed by atoms with Crippen LogP contribution in [0.15, 0.2) is 42.6 Å². The number of rotatable bonds is 4. The van der Waals surface area contributed by atoms with Gasteiger partial charge < -0.3 is 10.1 Å². The molecule has 3 nitrogen and oxygen atoms in total. The van der Waals surface area contributed by atoms with Crippen LogP contribution in [0.25, 0.3) is 0 Å². The van der Waals surface area contributed by atoms with E-state index in [-0.39, 0.29) is 0 Å². The van der Waals surface area contributed by atoms with Crippen molar-refractivity contribution in [2.45, 2.75) is 32.2 Å². The van der Waals surface area contributed by atoms with Gasteiger partial charge in [-0.1, -0.05) is 24.3 Å². The molecule has 1 aromatic heterocycles. The third-order valence-corrected chi connectivity index (χ3v) is 3.75. The second-order valence-electron chi connectivity index (χ2n) is 5.17. The zero-order chi connectivity index (χ0) is 13.8. The van der Waals surface area contributed by atoms with Gasteiger partial charge in [-0.2, -0.15) is 0 Å². The Labute approximate surface area is 120 Å². The summed E-state index contributed by atoms with van der Waals surface area (Å²) in [6.07, 6.45) is 5.26. The fourth-order valence-electron chi connectivity index (χ4n) is 2.76. The number of ether oxygens (including phenoxy) is 1. The number of fused-ring (bicyclic) bond motifs is 1. The molecule has 3 rings (SSSR count). The zero-order valence-corrected chi connectivity index (χ0v) is 11.8. The highest BCUT2D eigenvalue weighted by Gasteiger charge is 2.17. The predicted molar refractivity (Wildman–Crippen MR) is 81.3 cm³/mol. The lowest BCUT2D eigenvalue weighted by Crippen LogP contribution is -2.27. The van der Waals surface area contributed by atoms with E-state index in [0.29, 0.717) is 18.5 Å². The SMILES string of the molecule is CCOc1ccc(NC2CCc3ccccc3C2)cn1. The van der Waals surface area contributed by atoms with Gasteiger partial charge in [0.25, 0.3) is 0 Å². The smallest absolute Gasteiger partial charge is 0.213 e. The molecule has 0 radical (unpaired) electrons. The van der Waals surface area contributed by atoms with Crippen LogP contribution in [0, 0.1) is 0 Å². The van der Waals surface area contributed by atoms with Crippen LogP contribution < -0.4 is 10.1 Å². The van der Waals surface area contributed by atoms with Crippen molar-refractivity contribution in [3.05, 3.63) is 53.7 Å². The molecular formula is C17H20N2O. The number of nitrogens with one attached hydrogen (secondary N) is 1. The molecule has 2 aromatic rings. The Balaban J connectivity index is 1.64. The first-order valence-electron chi connectivity index (χ1n) is 7.27. The van der Waals surface area contributed by atoms with Gasteiger partial charge in [0.1, 0.15) is 0 Å². The van der Waals surface area contributed by atoms with Crippen molar-refractivity contribution in [3.8, 4) is 5.88 Å². The molecule has 0 fully saturated rings. The molecule has 20 heavy (non-hydrogen) atoms. The molecule has 1 N–H and O–H groups in total. The highest BCUT2D eigenvalue weighted by molar-refractivity contribution is 5.44. The summed E-state index contributed by atoms with van der Waals surface area (Å²) in [7, 11) is 0. The van der Waals surface area contributed by atoms with Crippen molar-refractivity contribution in [2.75, 3.05) is 11.9 Å². The van der Waals surface area contributed by atoms with E-state index in [1.165, 1.54) is 17.5 Å². The van der Waals surface area contributed by atoms with Crippen molar-refractivity contribution < 1.29 is 4.74 Å². The Morgan fingerprint density at radius 1 is 1.20 bits per heavy atom. The summed E-state index contributed by atoms with van der Waals surface area (Å²) < 4.78 is 5.36. The number of benzene rings is 1. The van der Waals surface area contributed by atoms with Gasteiger partial charge in [0, 0.05) is 12.1 Å². The average molecular weight is 268 g/mol. The molecule has 0 amide bonds.